The van der Waals surface area contributed by atoms with Gasteiger partial charge in [0.1, 0.15) is 0 Å². The molecule has 0 aromatic rings. The second kappa shape index (κ2) is 4.64. The average molecular weight is 149 g/mol. The highest BCUT2D eigenvalue weighted by atomic mass is 32.2. The summed E-state index contributed by atoms with van der Waals surface area (Å²) in [6.45, 7) is 1.76. The Morgan fingerprint density at radius 3 is 2.78 bits per heavy atom. The van der Waals surface area contributed by atoms with Crippen LogP contribution in [-0.4, -0.2) is 24.2 Å². The molecule has 9 heavy (non-hydrogen) atoms. The molecule has 0 aromatic carbocycles. The van der Waals surface area contributed by atoms with Crippen LogP contribution in [0.4, 0.5) is 0 Å². The van der Waals surface area contributed by atoms with Gasteiger partial charge in [-0.15, -0.1) is 11.8 Å². The van der Waals surface area contributed by atoms with Gasteiger partial charge in [-0.3, -0.25) is 4.79 Å². The van der Waals surface area contributed by atoms with E-state index in [9.17, 15) is 4.79 Å². The predicted octanol–water partition coefficient (Wildman–Crippen LogP) is 0.197. The maximum absolute atomic E-state index is 10.4. The van der Waals surface area contributed by atoms with Gasteiger partial charge in [0, 0.05) is 7.11 Å². The van der Waals surface area contributed by atoms with Gasteiger partial charge in [-0.05, 0) is 6.92 Å². The molecule has 0 aliphatic heterocycles. The molecular formula is C5H11NO2S. The fraction of sp³-hybridized carbons (Fsp3) is 0.800. The first-order chi connectivity index (χ1) is 4.18. The van der Waals surface area contributed by atoms with Crippen molar-refractivity contribution in [3.05, 3.63) is 0 Å². The topological polar surface area (TPSA) is 52.3 Å². The number of hydrogen-bond donors (Lipinski definition) is 1. The number of hydrogen-bond acceptors (Lipinski definition) is 3. The van der Waals surface area contributed by atoms with Gasteiger partial charge >= 0.3 is 0 Å². The van der Waals surface area contributed by atoms with Crippen molar-refractivity contribution in [3.63, 3.8) is 0 Å². The lowest BCUT2D eigenvalue weighted by Crippen LogP contribution is -2.23. The monoisotopic (exact) mass is 149 g/mol. The van der Waals surface area contributed by atoms with Crippen molar-refractivity contribution >= 4 is 17.7 Å². The molecule has 0 aromatic heterocycles. The zero-order valence-corrected chi connectivity index (χ0v) is 6.40. The maximum atomic E-state index is 10.4. The Bertz CT molecular complexity index is 97.0. The van der Waals surface area contributed by atoms with Crippen LogP contribution in [-0.2, 0) is 9.53 Å². The molecule has 0 rings (SSSR count). The number of carbonyl (C=O) groups excluding carboxylic acids is 1. The van der Waals surface area contributed by atoms with E-state index in [2.05, 4.69) is 0 Å². The van der Waals surface area contributed by atoms with E-state index in [0.717, 1.165) is 0 Å². The molecule has 1 atom stereocenters. The summed E-state index contributed by atoms with van der Waals surface area (Å²) < 4.78 is 4.72. The lowest BCUT2D eigenvalue weighted by Gasteiger charge is -2.03. The van der Waals surface area contributed by atoms with Crippen molar-refractivity contribution in [1.29, 1.82) is 0 Å². The first-order valence-electron chi connectivity index (χ1n) is 2.58. The Morgan fingerprint density at radius 1 is 1.89 bits per heavy atom. The first kappa shape index (κ1) is 8.78. The fourth-order valence-electron chi connectivity index (χ4n) is 0.252. The molecule has 0 aliphatic rings. The quantitative estimate of drug-likeness (QED) is 0.581. The van der Waals surface area contributed by atoms with E-state index >= 15 is 0 Å². The van der Waals surface area contributed by atoms with Crippen LogP contribution in [0.5, 0.6) is 0 Å². The molecule has 1 amide bonds. The summed E-state index contributed by atoms with van der Waals surface area (Å²) >= 11 is 1.39. The van der Waals surface area contributed by atoms with Crippen LogP contribution in [0.15, 0.2) is 0 Å². The SMILES string of the molecule is COCSC(C)C(N)=O. The number of thioether (sulfide) groups is 1. The van der Waals surface area contributed by atoms with E-state index in [4.69, 9.17) is 10.5 Å². The molecule has 0 fully saturated rings. The zero-order chi connectivity index (χ0) is 7.28. The summed E-state index contributed by atoms with van der Waals surface area (Å²) in [4.78, 5) is 10.4. The van der Waals surface area contributed by atoms with Crippen LogP contribution in [0.3, 0.4) is 0 Å². The highest BCUT2D eigenvalue weighted by molar-refractivity contribution is 8.00. The molecule has 4 heteroatoms. The Kier molecular flexibility index (Phi) is 4.53. The third kappa shape index (κ3) is 4.29. The average Bonchev–Trinajstić information content (AvgIpc) is 1.82. The molecule has 0 saturated heterocycles. The molecule has 0 saturated carbocycles. The van der Waals surface area contributed by atoms with Crippen molar-refractivity contribution in [2.45, 2.75) is 12.2 Å². The van der Waals surface area contributed by atoms with Gasteiger partial charge in [0.05, 0.1) is 11.2 Å². The second-order valence-electron chi connectivity index (χ2n) is 1.62. The van der Waals surface area contributed by atoms with Crippen LogP contribution < -0.4 is 5.73 Å². The lowest BCUT2D eigenvalue weighted by atomic mass is 10.5. The van der Waals surface area contributed by atoms with Gasteiger partial charge in [-0.2, -0.15) is 0 Å². The smallest absolute Gasteiger partial charge is 0.230 e. The molecular weight excluding hydrogens is 138 g/mol. The number of carbonyl (C=O) groups is 1. The lowest BCUT2D eigenvalue weighted by molar-refractivity contribution is -0.117. The summed E-state index contributed by atoms with van der Waals surface area (Å²) in [7, 11) is 1.58. The molecule has 2 N–H and O–H groups in total. The van der Waals surface area contributed by atoms with Crippen molar-refractivity contribution < 1.29 is 9.53 Å². The summed E-state index contributed by atoms with van der Waals surface area (Å²) in [6, 6.07) is 0. The van der Waals surface area contributed by atoms with Crippen LogP contribution in [0, 0.1) is 0 Å². The zero-order valence-electron chi connectivity index (χ0n) is 5.59. The summed E-state index contributed by atoms with van der Waals surface area (Å²) in [5.74, 6) is 0.224. The Hall–Kier alpha value is -0.220. The Labute approximate surface area is 58.9 Å². The molecule has 0 bridgehead atoms. The van der Waals surface area contributed by atoms with E-state index in [1.165, 1.54) is 11.8 Å². The maximum Gasteiger partial charge on any atom is 0.230 e. The molecule has 0 spiro atoms. The Morgan fingerprint density at radius 2 is 2.44 bits per heavy atom. The number of rotatable bonds is 4. The molecule has 3 nitrogen and oxygen atoms in total. The largest absolute Gasteiger partial charge is 0.374 e. The van der Waals surface area contributed by atoms with Crippen molar-refractivity contribution in [2.24, 2.45) is 5.73 Å². The summed E-state index contributed by atoms with van der Waals surface area (Å²) in [6.07, 6.45) is 0. The number of methoxy groups -OCH3 is 1. The molecule has 54 valence electrons. The second-order valence-corrected chi connectivity index (χ2v) is 2.89. The van der Waals surface area contributed by atoms with Crippen molar-refractivity contribution in [3.8, 4) is 0 Å². The normalized spacial score (nSPS) is 13.1. The number of nitrogens with two attached hydrogens (primary N) is 1. The van der Waals surface area contributed by atoms with E-state index < -0.39 is 0 Å². The number of ether oxygens (including phenoxy) is 1. The predicted molar refractivity (Wildman–Crippen MR) is 38.1 cm³/mol. The molecule has 1 unspecified atom stereocenters. The first-order valence-corrected chi connectivity index (χ1v) is 3.63. The molecule has 0 aliphatic carbocycles. The van der Waals surface area contributed by atoms with Gasteiger partial charge in [0.2, 0.25) is 5.91 Å². The summed E-state index contributed by atoms with van der Waals surface area (Å²) in [5.41, 5.74) is 4.96. The van der Waals surface area contributed by atoms with Crippen LogP contribution in [0.25, 0.3) is 0 Å². The van der Waals surface area contributed by atoms with Gasteiger partial charge in [0.15, 0.2) is 0 Å². The highest BCUT2D eigenvalue weighted by Gasteiger charge is 2.06. The van der Waals surface area contributed by atoms with E-state index in [1.54, 1.807) is 14.0 Å². The van der Waals surface area contributed by atoms with Gasteiger partial charge < -0.3 is 10.5 Å². The van der Waals surface area contributed by atoms with Crippen LogP contribution in [0.1, 0.15) is 6.92 Å². The summed E-state index contributed by atoms with van der Waals surface area (Å²) in [5, 5.41) is -0.148. The van der Waals surface area contributed by atoms with Crippen molar-refractivity contribution in [1.82, 2.24) is 0 Å². The minimum absolute atomic E-state index is 0.148. The van der Waals surface area contributed by atoms with Crippen LogP contribution in [0.2, 0.25) is 0 Å². The van der Waals surface area contributed by atoms with Gasteiger partial charge in [-0.25, -0.2) is 0 Å². The standard InChI is InChI=1S/C5H11NO2S/c1-4(5(6)7)9-3-8-2/h4H,3H2,1-2H3,(H2,6,7). The Balaban J connectivity index is 3.27. The van der Waals surface area contributed by atoms with E-state index in [1.807, 2.05) is 0 Å². The minimum atomic E-state index is -0.294. The van der Waals surface area contributed by atoms with E-state index in [0.29, 0.717) is 5.94 Å². The third-order valence-electron chi connectivity index (χ3n) is 0.837. The van der Waals surface area contributed by atoms with Crippen molar-refractivity contribution in [2.75, 3.05) is 13.0 Å². The van der Waals surface area contributed by atoms with Gasteiger partial charge in [0.25, 0.3) is 0 Å². The third-order valence-corrected chi connectivity index (χ3v) is 1.94. The molecule has 0 heterocycles. The van der Waals surface area contributed by atoms with E-state index in [-0.39, 0.29) is 11.2 Å². The fourth-order valence-corrected chi connectivity index (χ4v) is 0.757. The molecule has 0 radical (unpaired) electrons. The highest BCUT2D eigenvalue weighted by Crippen LogP contribution is 2.08. The van der Waals surface area contributed by atoms with Crippen LogP contribution >= 0.6 is 11.8 Å². The number of amides is 1. The minimum Gasteiger partial charge on any atom is -0.374 e. The number of primary amides is 1. The van der Waals surface area contributed by atoms with Gasteiger partial charge in [-0.1, -0.05) is 0 Å².